The number of para-hydroxylation sites is 1. The smallest absolute Gasteiger partial charge is 0.160 e. The topological polar surface area (TPSA) is 46.1 Å². The number of nitrogens with zero attached hydrogens (tertiary/aromatic N) is 3. The Hall–Kier alpha value is -6.65. The molecule has 0 N–H and O–H groups in total. The van der Waals surface area contributed by atoms with Gasteiger partial charge in [0.05, 0.1) is 22.8 Å². The minimum absolute atomic E-state index is 0.0545. The summed E-state index contributed by atoms with van der Waals surface area (Å²) in [7, 11) is 0. The van der Waals surface area contributed by atoms with Crippen LogP contribution in [0, 0.1) is 0 Å². The number of carbonyl (C=O) groups excluding carboxylic acids is 1. The molecular formula is C46H31N3O. The molecule has 9 rings (SSSR count). The van der Waals surface area contributed by atoms with Crippen molar-refractivity contribution in [2.75, 3.05) is 4.90 Å². The fourth-order valence-electron chi connectivity index (χ4n) is 7.24. The summed E-state index contributed by atoms with van der Waals surface area (Å²) in [6, 6.07) is 58.4. The van der Waals surface area contributed by atoms with Gasteiger partial charge < -0.3 is 4.90 Å². The lowest BCUT2D eigenvalue weighted by Gasteiger charge is -2.34. The lowest BCUT2D eigenvalue weighted by molar-refractivity contribution is 0.101. The first-order valence-corrected chi connectivity index (χ1v) is 16.8. The van der Waals surface area contributed by atoms with Gasteiger partial charge in [0.2, 0.25) is 0 Å². The zero-order valence-electron chi connectivity index (χ0n) is 27.4. The van der Waals surface area contributed by atoms with Crippen LogP contribution in [0.5, 0.6) is 0 Å². The summed E-state index contributed by atoms with van der Waals surface area (Å²) in [4.78, 5) is 25.3. The molecule has 50 heavy (non-hydrogen) atoms. The average molecular weight is 642 g/mol. The van der Waals surface area contributed by atoms with E-state index in [1.165, 1.54) is 5.56 Å². The number of fused-ring (bicyclic) bond motifs is 2. The first-order chi connectivity index (χ1) is 24.6. The summed E-state index contributed by atoms with van der Waals surface area (Å²) in [5, 5.41) is 2.26. The van der Waals surface area contributed by atoms with Crippen LogP contribution in [0.3, 0.4) is 0 Å². The molecule has 0 radical (unpaired) electrons. The van der Waals surface area contributed by atoms with Crippen LogP contribution in [0.25, 0.3) is 66.9 Å². The first-order valence-electron chi connectivity index (χ1n) is 16.8. The third-order valence-corrected chi connectivity index (χ3v) is 9.52. The molecule has 2 heterocycles. The van der Waals surface area contributed by atoms with Crippen LogP contribution in [-0.2, 0) is 0 Å². The standard InChI is InChI=1S/C46H31N3O/c1-30(50)35-20-8-9-21-36(35)37-26-27-40-38-22-10-11-24-43(38)49(44-25-13-23-39(37)45(40)44)34-19-12-18-33(28-34)46-47-41(31-14-4-2-5-15-31)29-42(48-46)32-16-6-3-7-17-32/h2-29H,1H3. The number of carbonyl (C=O) groups is 1. The lowest BCUT2D eigenvalue weighted by Crippen LogP contribution is -2.15. The molecule has 1 aliphatic heterocycles. The number of rotatable bonds is 6. The van der Waals surface area contributed by atoms with Crippen molar-refractivity contribution in [1.29, 1.82) is 0 Å². The van der Waals surface area contributed by atoms with Crippen molar-refractivity contribution in [1.82, 2.24) is 9.97 Å². The Morgan fingerprint density at radius 1 is 0.480 bits per heavy atom. The number of hydrogen-bond donors (Lipinski definition) is 0. The maximum Gasteiger partial charge on any atom is 0.160 e. The zero-order chi connectivity index (χ0) is 33.6. The number of hydrogen-bond acceptors (Lipinski definition) is 4. The van der Waals surface area contributed by atoms with Crippen LogP contribution in [0.15, 0.2) is 170 Å². The van der Waals surface area contributed by atoms with Gasteiger partial charge >= 0.3 is 0 Å². The van der Waals surface area contributed by atoms with Gasteiger partial charge in [-0.15, -0.1) is 0 Å². The molecule has 1 aliphatic rings. The van der Waals surface area contributed by atoms with Crippen molar-refractivity contribution < 1.29 is 4.79 Å². The molecule has 0 amide bonds. The van der Waals surface area contributed by atoms with Crippen molar-refractivity contribution >= 4 is 33.6 Å². The van der Waals surface area contributed by atoms with Gasteiger partial charge in [-0.25, -0.2) is 9.97 Å². The van der Waals surface area contributed by atoms with Crippen LogP contribution in [0.1, 0.15) is 17.3 Å². The summed E-state index contributed by atoms with van der Waals surface area (Å²) < 4.78 is 0. The number of anilines is 3. The predicted molar refractivity (Wildman–Crippen MR) is 205 cm³/mol. The van der Waals surface area contributed by atoms with Gasteiger partial charge in [0.25, 0.3) is 0 Å². The Morgan fingerprint density at radius 2 is 1.06 bits per heavy atom. The van der Waals surface area contributed by atoms with Crippen LogP contribution in [0.2, 0.25) is 0 Å². The largest absolute Gasteiger partial charge is 0.309 e. The molecule has 4 nitrogen and oxygen atoms in total. The quantitative estimate of drug-likeness (QED) is 0.170. The van der Waals surface area contributed by atoms with Gasteiger partial charge in [-0.05, 0) is 59.3 Å². The van der Waals surface area contributed by atoms with E-state index in [-0.39, 0.29) is 5.78 Å². The Bertz CT molecular complexity index is 2520. The third-order valence-electron chi connectivity index (χ3n) is 9.52. The highest BCUT2D eigenvalue weighted by Crippen LogP contribution is 2.52. The summed E-state index contributed by atoms with van der Waals surface area (Å²) in [5.41, 5.74) is 13.0. The number of benzene rings is 7. The summed E-state index contributed by atoms with van der Waals surface area (Å²) in [6.07, 6.45) is 0. The Labute approximate surface area is 291 Å². The maximum absolute atomic E-state index is 12.7. The van der Waals surface area contributed by atoms with Gasteiger partial charge in [-0.1, -0.05) is 140 Å². The summed E-state index contributed by atoms with van der Waals surface area (Å²) in [5.74, 6) is 0.720. The second-order valence-corrected chi connectivity index (χ2v) is 12.6. The molecule has 4 heteroatoms. The Morgan fingerprint density at radius 3 is 1.78 bits per heavy atom. The molecule has 0 saturated carbocycles. The highest BCUT2D eigenvalue weighted by atomic mass is 16.1. The zero-order valence-corrected chi connectivity index (χ0v) is 27.4. The molecule has 0 spiro atoms. The minimum atomic E-state index is 0.0545. The van der Waals surface area contributed by atoms with Crippen molar-refractivity contribution in [3.63, 3.8) is 0 Å². The molecule has 236 valence electrons. The fraction of sp³-hybridized carbons (Fsp3) is 0.0217. The first kappa shape index (κ1) is 29.5. The number of Topliss-reactive ketones (excluding diaryl/α,β-unsaturated/α-hetero) is 1. The molecule has 8 aromatic rings. The predicted octanol–water partition coefficient (Wildman–Crippen LogP) is 12.0. The van der Waals surface area contributed by atoms with E-state index in [0.717, 1.165) is 78.2 Å². The van der Waals surface area contributed by atoms with E-state index in [0.29, 0.717) is 5.82 Å². The van der Waals surface area contributed by atoms with E-state index >= 15 is 0 Å². The summed E-state index contributed by atoms with van der Waals surface area (Å²) >= 11 is 0. The van der Waals surface area contributed by atoms with E-state index in [9.17, 15) is 4.79 Å². The second-order valence-electron chi connectivity index (χ2n) is 12.6. The molecule has 0 atom stereocenters. The van der Waals surface area contributed by atoms with E-state index in [1.807, 2.05) is 60.7 Å². The minimum Gasteiger partial charge on any atom is -0.309 e. The van der Waals surface area contributed by atoms with Gasteiger partial charge in [-0.2, -0.15) is 0 Å². The molecule has 0 saturated heterocycles. The van der Waals surface area contributed by atoms with Crippen LogP contribution in [0.4, 0.5) is 17.1 Å². The van der Waals surface area contributed by atoms with E-state index in [2.05, 4.69) is 114 Å². The highest BCUT2D eigenvalue weighted by Gasteiger charge is 2.27. The van der Waals surface area contributed by atoms with E-state index < -0.39 is 0 Å². The SMILES string of the molecule is CC(=O)c1ccccc1-c1ccc2c3c(cccc13)N(c1cccc(-c3nc(-c4ccccc4)cc(-c4ccccc4)n3)c1)c1ccccc1-2. The van der Waals surface area contributed by atoms with Gasteiger partial charge in [0, 0.05) is 38.9 Å². The summed E-state index contributed by atoms with van der Waals surface area (Å²) in [6.45, 7) is 1.64. The molecular weight excluding hydrogens is 611 g/mol. The normalized spacial score (nSPS) is 11.7. The Balaban J connectivity index is 1.24. The molecule has 0 unspecified atom stereocenters. The molecule has 7 aromatic carbocycles. The maximum atomic E-state index is 12.7. The number of ketones is 1. The molecule has 0 fully saturated rings. The van der Waals surface area contributed by atoms with Gasteiger partial charge in [0.15, 0.2) is 11.6 Å². The lowest BCUT2D eigenvalue weighted by atomic mass is 9.86. The van der Waals surface area contributed by atoms with Crippen molar-refractivity contribution in [3.8, 4) is 56.2 Å². The molecule has 1 aromatic heterocycles. The van der Waals surface area contributed by atoms with Crippen molar-refractivity contribution in [2.45, 2.75) is 6.92 Å². The van der Waals surface area contributed by atoms with Gasteiger partial charge in [-0.3, -0.25) is 4.79 Å². The molecule has 0 bridgehead atoms. The van der Waals surface area contributed by atoms with E-state index in [1.54, 1.807) is 6.92 Å². The van der Waals surface area contributed by atoms with Crippen molar-refractivity contribution in [2.24, 2.45) is 0 Å². The van der Waals surface area contributed by atoms with Crippen LogP contribution < -0.4 is 4.90 Å². The highest BCUT2D eigenvalue weighted by molar-refractivity contribution is 6.18. The van der Waals surface area contributed by atoms with Crippen LogP contribution >= 0.6 is 0 Å². The monoisotopic (exact) mass is 641 g/mol. The third kappa shape index (κ3) is 4.97. The average Bonchev–Trinajstić information content (AvgIpc) is 3.18. The van der Waals surface area contributed by atoms with E-state index in [4.69, 9.17) is 9.97 Å². The van der Waals surface area contributed by atoms with Crippen molar-refractivity contribution in [3.05, 3.63) is 175 Å². The van der Waals surface area contributed by atoms with Gasteiger partial charge in [0.1, 0.15) is 0 Å². The fourth-order valence-corrected chi connectivity index (χ4v) is 7.24. The molecule has 0 aliphatic carbocycles. The second kappa shape index (κ2) is 12.1. The van der Waals surface area contributed by atoms with Crippen LogP contribution in [-0.4, -0.2) is 15.8 Å². The Kier molecular flexibility index (Phi) is 7.14. The number of aromatic nitrogens is 2.